The lowest BCUT2D eigenvalue weighted by Gasteiger charge is -2.66. The normalized spacial score (nSPS) is 46.5. The van der Waals surface area contributed by atoms with Crippen LogP contribution in [0.15, 0.2) is 11.6 Å². The van der Waals surface area contributed by atoms with Gasteiger partial charge in [0.05, 0.1) is 17.8 Å². The van der Waals surface area contributed by atoms with Crippen LogP contribution in [-0.2, 0) is 28.6 Å². The number of aliphatic hydroxyl groups is 2. The van der Waals surface area contributed by atoms with Crippen molar-refractivity contribution in [3.05, 3.63) is 11.6 Å². The van der Waals surface area contributed by atoms with E-state index >= 15 is 0 Å². The zero-order valence-corrected chi connectivity index (χ0v) is 21.0. The Morgan fingerprint density at radius 1 is 1.03 bits per heavy atom. The van der Waals surface area contributed by atoms with Crippen molar-refractivity contribution in [1.82, 2.24) is 0 Å². The van der Waals surface area contributed by atoms with Crippen molar-refractivity contribution in [2.45, 2.75) is 95.9 Å². The molecule has 0 unspecified atom stereocenters. The van der Waals surface area contributed by atoms with Gasteiger partial charge < -0.3 is 24.4 Å². The maximum absolute atomic E-state index is 12.4. The first kappa shape index (κ1) is 24.8. The Hall–Kier alpha value is -1.93. The minimum Gasteiger partial charge on any atom is -0.465 e. The Labute approximate surface area is 206 Å². The second-order valence-corrected chi connectivity index (χ2v) is 12.0. The van der Waals surface area contributed by atoms with Gasteiger partial charge in [0.15, 0.2) is 0 Å². The number of hydrogen-bond acceptors (Lipinski definition) is 8. The molecule has 4 fully saturated rings. The molecule has 8 nitrogen and oxygen atoms in total. The zero-order chi connectivity index (χ0) is 25.2. The van der Waals surface area contributed by atoms with Crippen molar-refractivity contribution in [3.63, 3.8) is 0 Å². The maximum atomic E-state index is 12.4. The Kier molecular flexibility index (Phi) is 5.87. The highest BCUT2D eigenvalue weighted by Gasteiger charge is 2.71. The summed E-state index contributed by atoms with van der Waals surface area (Å²) in [6.07, 6.45) is 6.83. The molecule has 5 rings (SSSR count). The van der Waals surface area contributed by atoms with Crippen LogP contribution < -0.4 is 0 Å². The number of rotatable bonds is 4. The minimum absolute atomic E-state index is 0.0221. The van der Waals surface area contributed by atoms with Crippen molar-refractivity contribution < 1.29 is 38.8 Å². The Balaban J connectivity index is 1.48. The van der Waals surface area contributed by atoms with Gasteiger partial charge in [0, 0.05) is 37.2 Å². The van der Waals surface area contributed by atoms with Gasteiger partial charge in [0.2, 0.25) is 0 Å². The van der Waals surface area contributed by atoms with E-state index in [1.165, 1.54) is 13.8 Å². The molecule has 4 saturated carbocycles. The molecule has 0 aromatic carbocycles. The van der Waals surface area contributed by atoms with Gasteiger partial charge in [-0.15, -0.1) is 0 Å². The van der Waals surface area contributed by atoms with E-state index in [9.17, 15) is 24.6 Å². The lowest BCUT2D eigenvalue weighted by atomic mass is 9.41. The van der Waals surface area contributed by atoms with Crippen LogP contribution in [-0.4, -0.2) is 58.6 Å². The van der Waals surface area contributed by atoms with Gasteiger partial charge in [-0.25, -0.2) is 4.79 Å². The molecule has 2 N–H and O–H groups in total. The second kappa shape index (κ2) is 8.30. The van der Waals surface area contributed by atoms with Crippen LogP contribution in [0.2, 0.25) is 0 Å². The van der Waals surface area contributed by atoms with E-state index < -0.39 is 16.6 Å². The van der Waals surface area contributed by atoms with Crippen LogP contribution in [0, 0.1) is 28.6 Å². The van der Waals surface area contributed by atoms with Gasteiger partial charge in [-0.2, -0.15) is 0 Å². The predicted molar refractivity (Wildman–Crippen MR) is 124 cm³/mol. The van der Waals surface area contributed by atoms with Gasteiger partial charge in [-0.1, -0.05) is 6.92 Å². The lowest BCUT2D eigenvalue weighted by Crippen LogP contribution is -2.69. The first-order chi connectivity index (χ1) is 16.4. The Morgan fingerprint density at radius 3 is 2.43 bits per heavy atom. The molecule has 0 spiro atoms. The first-order valence-corrected chi connectivity index (χ1v) is 13.1. The molecular formula is C27H38O8. The molecule has 4 aliphatic carbocycles. The highest BCUT2D eigenvalue weighted by Crippen LogP contribution is 2.70. The molecule has 0 saturated heterocycles. The number of hydrogen-bond donors (Lipinski definition) is 2. The van der Waals surface area contributed by atoms with E-state index in [1.807, 2.05) is 0 Å². The van der Waals surface area contributed by atoms with E-state index in [0.717, 1.165) is 24.8 Å². The summed E-state index contributed by atoms with van der Waals surface area (Å²) < 4.78 is 16.3. The number of carbonyl (C=O) groups excluding carboxylic acids is 3. The fourth-order valence-electron chi connectivity index (χ4n) is 9.03. The summed E-state index contributed by atoms with van der Waals surface area (Å²) in [6.45, 7) is 5.33. The Bertz CT molecular complexity index is 959. The van der Waals surface area contributed by atoms with Crippen LogP contribution in [0.5, 0.6) is 0 Å². The fraction of sp³-hybridized carbons (Fsp3) is 0.815. The molecule has 1 heterocycles. The quantitative estimate of drug-likeness (QED) is 0.456. The number of fused-ring (bicyclic) bond motifs is 5. The minimum atomic E-state index is -1.14. The summed E-state index contributed by atoms with van der Waals surface area (Å²) in [4.78, 5) is 35.3. The molecular weight excluding hydrogens is 452 g/mol. The molecule has 0 aromatic rings. The third-order valence-electron chi connectivity index (χ3n) is 10.6. The SMILES string of the molecule is CC(=O)OC[C@]12CC[C@@H](OC(C)=O)C[C@@]1(O)CC[C@@H]1[C@@H]2CC[C@]2(C)[C@@H](C3=CC(=O)OC3)CC[C@@]12O. The monoisotopic (exact) mass is 490 g/mol. The summed E-state index contributed by atoms with van der Waals surface area (Å²) in [5.74, 6) is -1.03. The van der Waals surface area contributed by atoms with Gasteiger partial charge in [-0.3, -0.25) is 9.59 Å². The smallest absolute Gasteiger partial charge is 0.331 e. The van der Waals surface area contributed by atoms with Crippen LogP contribution in [0.4, 0.5) is 0 Å². The molecule has 0 bridgehead atoms. The van der Waals surface area contributed by atoms with Crippen molar-refractivity contribution in [3.8, 4) is 0 Å². The molecule has 35 heavy (non-hydrogen) atoms. The third kappa shape index (κ3) is 3.57. The van der Waals surface area contributed by atoms with E-state index in [4.69, 9.17) is 14.2 Å². The molecule has 194 valence electrons. The van der Waals surface area contributed by atoms with Gasteiger partial charge in [0.1, 0.15) is 12.7 Å². The lowest BCUT2D eigenvalue weighted by molar-refractivity contribution is -0.271. The van der Waals surface area contributed by atoms with Gasteiger partial charge in [-0.05, 0) is 74.7 Å². The molecule has 0 amide bonds. The van der Waals surface area contributed by atoms with Crippen molar-refractivity contribution in [2.24, 2.45) is 28.6 Å². The third-order valence-corrected chi connectivity index (χ3v) is 10.6. The topological polar surface area (TPSA) is 119 Å². The van der Waals surface area contributed by atoms with E-state index in [2.05, 4.69) is 6.92 Å². The fourth-order valence-corrected chi connectivity index (χ4v) is 9.03. The average Bonchev–Trinajstić information content (AvgIpc) is 3.31. The second-order valence-electron chi connectivity index (χ2n) is 12.0. The van der Waals surface area contributed by atoms with Crippen molar-refractivity contribution >= 4 is 17.9 Å². The van der Waals surface area contributed by atoms with E-state index in [-0.39, 0.29) is 53.8 Å². The average molecular weight is 491 g/mol. The summed E-state index contributed by atoms with van der Waals surface area (Å²) in [5, 5.41) is 24.5. The highest BCUT2D eigenvalue weighted by molar-refractivity contribution is 5.85. The Morgan fingerprint density at radius 2 is 1.77 bits per heavy atom. The number of esters is 3. The molecule has 1 aliphatic heterocycles. The van der Waals surface area contributed by atoms with Crippen LogP contribution >= 0.6 is 0 Å². The van der Waals surface area contributed by atoms with E-state index in [1.54, 1.807) is 6.08 Å². The van der Waals surface area contributed by atoms with Crippen LogP contribution in [0.3, 0.4) is 0 Å². The number of ether oxygens (including phenoxy) is 3. The largest absolute Gasteiger partial charge is 0.465 e. The first-order valence-electron chi connectivity index (χ1n) is 13.1. The standard InChI is InChI=1S/C27H38O8/c1-16(28)34-15-25-9-4-19(35-17(2)29)13-26(25,31)10-6-22-21(25)5-8-24(3)20(7-11-27(22,24)32)18-12-23(30)33-14-18/h12,19-22,31-32H,4-11,13-15H2,1-3H3/t19-,20-,21+,22-,24-,25+,26+,27-/m1/s1. The predicted octanol–water partition coefficient (Wildman–Crippen LogP) is 2.83. The summed E-state index contributed by atoms with van der Waals surface area (Å²) in [6, 6.07) is 0. The molecule has 0 radical (unpaired) electrons. The van der Waals surface area contributed by atoms with Crippen LogP contribution in [0.1, 0.15) is 78.6 Å². The summed E-state index contributed by atoms with van der Waals surface area (Å²) in [5.41, 5.74) is -2.18. The summed E-state index contributed by atoms with van der Waals surface area (Å²) in [7, 11) is 0. The van der Waals surface area contributed by atoms with Crippen molar-refractivity contribution in [2.75, 3.05) is 13.2 Å². The molecule has 8 atom stereocenters. The molecule has 5 aliphatic rings. The number of carbonyl (C=O) groups is 3. The van der Waals surface area contributed by atoms with Crippen LogP contribution in [0.25, 0.3) is 0 Å². The van der Waals surface area contributed by atoms with Gasteiger partial charge in [0.25, 0.3) is 0 Å². The summed E-state index contributed by atoms with van der Waals surface area (Å²) >= 11 is 0. The van der Waals surface area contributed by atoms with Crippen molar-refractivity contribution in [1.29, 1.82) is 0 Å². The molecule has 8 heteroatoms. The highest BCUT2D eigenvalue weighted by atomic mass is 16.5. The van der Waals surface area contributed by atoms with E-state index in [0.29, 0.717) is 45.1 Å². The number of cyclic esters (lactones) is 1. The zero-order valence-electron chi connectivity index (χ0n) is 21.0. The van der Waals surface area contributed by atoms with Gasteiger partial charge >= 0.3 is 17.9 Å². The molecule has 0 aromatic heterocycles. The maximum Gasteiger partial charge on any atom is 0.331 e.